The minimum atomic E-state index is -0.259. The zero-order valence-electron chi connectivity index (χ0n) is 13.7. The van der Waals surface area contributed by atoms with Crippen molar-refractivity contribution in [3.63, 3.8) is 0 Å². The molecule has 6 nitrogen and oxygen atoms in total. The van der Waals surface area contributed by atoms with E-state index in [1.165, 1.54) is 14.2 Å². The van der Waals surface area contributed by atoms with Gasteiger partial charge >= 0.3 is 0 Å². The summed E-state index contributed by atoms with van der Waals surface area (Å²) >= 11 is 12.1. The van der Waals surface area contributed by atoms with Gasteiger partial charge in [0, 0.05) is 13.1 Å². The number of carbonyl (C=O) groups is 1. The van der Waals surface area contributed by atoms with E-state index in [4.69, 9.17) is 32.7 Å². The van der Waals surface area contributed by atoms with Gasteiger partial charge in [-0.2, -0.15) is 5.10 Å². The van der Waals surface area contributed by atoms with E-state index < -0.39 is 0 Å². The highest BCUT2D eigenvalue weighted by Crippen LogP contribution is 2.28. The van der Waals surface area contributed by atoms with E-state index in [1.807, 2.05) is 0 Å². The van der Waals surface area contributed by atoms with Gasteiger partial charge in [-0.25, -0.2) is 0 Å². The molecule has 0 fully saturated rings. The Morgan fingerprint density at radius 2 is 1.88 bits per heavy atom. The molecule has 0 unspecified atom stereocenters. The van der Waals surface area contributed by atoms with Crippen molar-refractivity contribution in [2.45, 2.75) is 19.9 Å². The maximum atomic E-state index is 12.4. The molecule has 1 aromatic heterocycles. The number of amides is 1. The third-order valence-corrected chi connectivity index (χ3v) is 4.42. The first-order valence-corrected chi connectivity index (χ1v) is 8.12. The molecule has 1 amide bonds. The van der Waals surface area contributed by atoms with Gasteiger partial charge < -0.3 is 14.8 Å². The van der Waals surface area contributed by atoms with E-state index >= 15 is 0 Å². The van der Waals surface area contributed by atoms with Crippen LogP contribution in [0.2, 0.25) is 10.2 Å². The predicted molar refractivity (Wildman–Crippen MR) is 93.5 cm³/mol. The molecule has 2 aromatic rings. The van der Waals surface area contributed by atoms with Crippen molar-refractivity contribution in [2.75, 3.05) is 20.8 Å². The average molecular weight is 372 g/mol. The zero-order chi connectivity index (χ0) is 17.7. The second-order valence-corrected chi connectivity index (χ2v) is 5.80. The summed E-state index contributed by atoms with van der Waals surface area (Å²) in [5.74, 6) is 0.666. The van der Waals surface area contributed by atoms with Crippen LogP contribution in [0.5, 0.6) is 11.5 Å². The standard InChI is InChI=1S/C16H19Cl2N3O3/c1-10-14(17)15(18)21(20-10)9-5-8-19-16(22)13-11(23-2)6-4-7-12(13)24-3/h4,6-7H,5,8-9H2,1-3H3,(H,19,22). The summed E-state index contributed by atoms with van der Waals surface area (Å²) in [6.07, 6.45) is 0.653. The summed E-state index contributed by atoms with van der Waals surface area (Å²) in [7, 11) is 3.02. The van der Waals surface area contributed by atoms with Gasteiger partial charge in [-0.15, -0.1) is 0 Å². The first-order valence-electron chi connectivity index (χ1n) is 7.37. The summed E-state index contributed by atoms with van der Waals surface area (Å²) in [6.45, 7) is 2.79. The van der Waals surface area contributed by atoms with E-state index in [-0.39, 0.29) is 5.91 Å². The van der Waals surface area contributed by atoms with Gasteiger partial charge in [-0.05, 0) is 25.5 Å². The normalized spacial score (nSPS) is 10.5. The second-order valence-electron chi connectivity index (χ2n) is 5.06. The van der Waals surface area contributed by atoms with E-state index in [2.05, 4.69) is 10.4 Å². The van der Waals surface area contributed by atoms with Crippen LogP contribution in [0.3, 0.4) is 0 Å². The van der Waals surface area contributed by atoms with Gasteiger partial charge in [0.2, 0.25) is 0 Å². The highest BCUT2D eigenvalue weighted by Gasteiger charge is 2.17. The molecule has 0 aliphatic rings. The van der Waals surface area contributed by atoms with Gasteiger partial charge in [0.05, 0.1) is 19.9 Å². The van der Waals surface area contributed by atoms with Crippen molar-refractivity contribution in [3.05, 3.63) is 39.6 Å². The molecule has 0 spiro atoms. The maximum absolute atomic E-state index is 12.4. The Bertz CT molecular complexity index is 709. The van der Waals surface area contributed by atoms with Crippen LogP contribution in [-0.4, -0.2) is 36.5 Å². The first kappa shape index (κ1) is 18.4. The second kappa shape index (κ2) is 8.26. The molecular weight excluding hydrogens is 353 g/mol. The SMILES string of the molecule is COc1cccc(OC)c1C(=O)NCCCn1nc(C)c(Cl)c1Cl. The van der Waals surface area contributed by atoms with Crippen LogP contribution in [0.4, 0.5) is 0 Å². The van der Waals surface area contributed by atoms with E-state index in [1.54, 1.807) is 29.8 Å². The molecule has 1 aromatic carbocycles. The van der Waals surface area contributed by atoms with E-state index in [9.17, 15) is 4.79 Å². The minimum Gasteiger partial charge on any atom is -0.496 e. The zero-order valence-corrected chi connectivity index (χ0v) is 15.2. The Balaban J connectivity index is 1.95. The molecule has 24 heavy (non-hydrogen) atoms. The van der Waals surface area contributed by atoms with Crippen molar-refractivity contribution < 1.29 is 14.3 Å². The number of methoxy groups -OCH3 is 2. The third kappa shape index (κ3) is 3.94. The highest BCUT2D eigenvalue weighted by molar-refractivity contribution is 6.41. The van der Waals surface area contributed by atoms with Crippen LogP contribution in [0.25, 0.3) is 0 Å². The lowest BCUT2D eigenvalue weighted by molar-refractivity contribution is 0.0946. The molecule has 2 rings (SSSR count). The topological polar surface area (TPSA) is 65.4 Å². The quantitative estimate of drug-likeness (QED) is 0.758. The molecule has 0 aliphatic carbocycles. The van der Waals surface area contributed by atoms with Crippen LogP contribution in [-0.2, 0) is 6.54 Å². The lowest BCUT2D eigenvalue weighted by Crippen LogP contribution is -2.26. The Labute approximate surface area is 150 Å². The fraction of sp³-hybridized carbons (Fsp3) is 0.375. The van der Waals surface area contributed by atoms with Crippen LogP contribution >= 0.6 is 23.2 Å². The Morgan fingerprint density at radius 3 is 2.38 bits per heavy atom. The van der Waals surface area contributed by atoms with E-state index in [0.717, 1.165) is 0 Å². The van der Waals surface area contributed by atoms with Gasteiger partial charge in [0.25, 0.3) is 5.91 Å². The van der Waals surface area contributed by atoms with Crippen molar-refractivity contribution >= 4 is 29.1 Å². The van der Waals surface area contributed by atoms with Crippen LogP contribution in [0.1, 0.15) is 22.5 Å². The summed E-state index contributed by atoms with van der Waals surface area (Å²) in [5, 5.41) is 7.95. The Hall–Kier alpha value is -1.92. The lowest BCUT2D eigenvalue weighted by Gasteiger charge is -2.13. The average Bonchev–Trinajstić information content (AvgIpc) is 2.84. The van der Waals surface area contributed by atoms with Gasteiger partial charge in [-0.3, -0.25) is 9.48 Å². The van der Waals surface area contributed by atoms with Gasteiger partial charge in [-0.1, -0.05) is 29.3 Å². The van der Waals surface area contributed by atoms with Crippen LogP contribution in [0, 0.1) is 6.92 Å². The van der Waals surface area contributed by atoms with Gasteiger partial charge in [0.15, 0.2) is 0 Å². The number of hydrogen-bond donors (Lipinski definition) is 1. The number of rotatable bonds is 7. The van der Waals surface area contributed by atoms with Gasteiger partial charge in [0.1, 0.15) is 27.2 Å². The predicted octanol–water partition coefficient (Wildman–Crippen LogP) is 3.34. The Kier molecular flexibility index (Phi) is 6.34. The summed E-state index contributed by atoms with van der Waals surface area (Å²) in [4.78, 5) is 12.4. The molecule has 0 bridgehead atoms. The smallest absolute Gasteiger partial charge is 0.258 e. The fourth-order valence-corrected chi connectivity index (χ4v) is 2.67. The lowest BCUT2D eigenvalue weighted by atomic mass is 10.1. The molecule has 0 radical (unpaired) electrons. The Morgan fingerprint density at radius 1 is 1.25 bits per heavy atom. The van der Waals surface area contributed by atoms with Crippen LogP contribution in [0.15, 0.2) is 18.2 Å². The molecule has 0 saturated heterocycles. The number of nitrogens with zero attached hydrogens (tertiary/aromatic N) is 2. The molecule has 130 valence electrons. The fourth-order valence-electron chi connectivity index (χ4n) is 2.27. The molecule has 8 heteroatoms. The molecule has 0 atom stereocenters. The molecule has 0 aliphatic heterocycles. The number of nitrogens with one attached hydrogen (secondary N) is 1. The number of benzene rings is 1. The third-order valence-electron chi connectivity index (χ3n) is 3.48. The summed E-state index contributed by atoms with van der Waals surface area (Å²) in [6, 6.07) is 5.19. The largest absolute Gasteiger partial charge is 0.496 e. The molecular formula is C16H19Cl2N3O3. The molecule has 1 heterocycles. The monoisotopic (exact) mass is 371 g/mol. The highest BCUT2D eigenvalue weighted by atomic mass is 35.5. The van der Waals surface area contributed by atoms with E-state index in [0.29, 0.717) is 52.4 Å². The number of aryl methyl sites for hydroxylation is 2. The van der Waals surface area contributed by atoms with Crippen molar-refractivity contribution in [1.82, 2.24) is 15.1 Å². The minimum absolute atomic E-state index is 0.259. The number of aromatic nitrogens is 2. The number of carbonyl (C=O) groups excluding carboxylic acids is 1. The summed E-state index contributed by atoms with van der Waals surface area (Å²) in [5.41, 5.74) is 1.06. The first-order chi connectivity index (χ1) is 11.5. The maximum Gasteiger partial charge on any atom is 0.258 e. The van der Waals surface area contributed by atoms with Crippen molar-refractivity contribution in [2.24, 2.45) is 0 Å². The number of hydrogen-bond acceptors (Lipinski definition) is 4. The number of halogens is 2. The molecule has 1 N–H and O–H groups in total. The van der Waals surface area contributed by atoms with Crippen molar-refractivity contribution in [3.8, 4) is 11.5 Å². The van der Waals surface area contributed by atoms with Crippen LogP contribution < -0.4 is 14.8 Å². The molecule has 0 saturated carbocycles. The summed E-state index contributed by atoms with van der Waals surface area (Å²) < 4.78 is 12.1. The number of ether oxygens (including phenoxy) is 2. The van der Waals surface area contributed by atoms with Crippen molar-refractivity contribution in [1.29, 1.82) is 0 Å².